The van der Waals surface area contributed by atoms with Gasteiger partial charge >= 0.3 is 12.4 Å². The predicted molar refractivity (Wildman–Crippen MR) is 103 cm³/mol. The number of ether oxygens (including phenoxy) is 2. The molecule has 1 aromatic rings. The van der Waals surface area contributed by atoms with E-state index in [1.54, 1.807) is 6.92 Å². The van der Waals surface area contributed by atoms with E-state index >= 15 is 0 Å². The third-order valence-electron chi connectivity index (χ3n) is 3.08. The average Bonchev–Trinajstić information content (AvgIpc) is 2.56. The van der Waals surface area contributed by atoms with Gasteiger partial charge in [-0.1, -0.05) is 6.07 Å². The molecule has 0 aliphatic carbocycles. The smallest absolute Gasteiger partial charge is 0.422 e. The van der Waals surface area contributed by atoms with E-state index in [9.17, 15) is 26.3 Å². The van der Waals surface area contributed by atoms with Crippen molar-refractivity contribution in [2.24, 2.45) is 4.99 Å². The molecule has 0 atom stereocenters. The molecular weight excluding hydrogens is 507 g/mol. The first-order valence-electron chi connectivity index (χ1n) is 7.99. The molecule has 2 N–H and O–H groups in total. The van der Waals surface area contributed by atoms with Gasteiger partial charge in [0, 0.05) is 13.1 Å². The fourth-order valence-electron chi connectivity index (χ4n) is 1.92. The lowest BCUT2D eigenvalue weighted by molar-refractivity contribution is -0.153. The molecule has 0 amide bonds. The maximum Gasteiger partial charge on any atom is 0.422 e. The van der Waals surface area contributed by atoms with Crippen LogP contribution in [0.4, 0.5) is 26.3 Å². The van der Waals surface area contributed by atoms with Crippen LogP contribution in [0.2, 0.25) is 0 Å². The molecule has 0 saturated heterocycles. The third-order valence-corrected chi connectivity index (χ3v) is 3.08. The highest BCUT2D eigenvalue weighted by Gasteiger charge is 2.29. The number of hydrogen-bond donors (Lipinski definition) is 2. The second-order valence-corrected chi connectivity index (χ2v) is 5.38. The van der Waals surface area contributed by atoms with Crippen LogP contribution in [0.25, 0.3) is 0 Å². The lowest BCUT2D eigenvalue weighted by Gasteiger charge is -2.14. The zero-order chi connectivity index (χ0) is 20.5. The van der Waals surface area contributed by atoms with E-state index in [0.717, 1.165) is 0 Å². The standard InChI is InChI=1S/C16H21F6N3O2.HI/c1-3-23-14(24-7-6-15(17,18)19)25-9-11-4-5-12(13(8-11)26-2)27-10-16(20,21)22;/h4-5,8H,3,6-7,9-10H2,1-2H3,(H2,23,24,25);1H. The fourth-order valence-corrected chi connectivity index (χ4v) is 1.92. The van der Waals surface area contributed by atoms with E-state index in [4.69, 9.17) is 4.74 Å². The summed E-state index contributed by atoms with van der Waals surface area (Å²) in [5.74, 6) is 0.220. The van der Waals surface area contributed by atoms with E-state index in [1.165, 1.54) is 25.3 Å². The molecule has 0 bridgehead atoms. The van der Waals surface area contributed by atoms with Crippen molar-refractivity contribution in [3.63, 3.8) is 0 Å². The van der Waals surface area contributed by atoms with Crippen molar-refractivity contribution in [2.75, 3.05) is 26.8 Å². The van der Waals surface area contributed by atoms with Crippen molar-refractivity contribution in [2.45, 2.75) is 32.2 Å². The summed E-state index contributed by atoms with van der Waals surface area (Å²) in [6.45, 7) is 0.511. The van der Waals surface area contributed by atoms with Crippen LogP contribution in [0.3, 0.4) is 0 Å². The topological polar surface area (TPSA) is 54.9 Å². The molecule has 0 fully saturated rings. The van der Waals surface area contributed by atoms with Gasteiger partial charge in [-0.05, 0) is 24.6 Å². The molecular formula is C16H22F6IN3O2. The van der Waals surface area contributed by atoms with Crippen molar-refractivity contribution < 1.29 is 35.8 Å². The number of nitrogens with one attached hydrogen (secondary N) is 2. The Hall–Kier alpha value is -1.60. The molecule has 0 heterocycles. The van der Waals surface area contributed by atoms with Gasteiger partial charge in [-0.2, -0.15) is 26.3 Å². The maximum atomic E-state index is 12.2. The van der Waals surface area contributed by atoms with Crippen LogP contribution in [-0.4, -0.2) is 45.1 Å². The molecule has 0 unspecified atom stereocenters. The normalized spacial score (nSPS) is 12.2. The lowest BCUT2D eigenvalue weighted by atomic mass is 10.2. The first kappa shape index (κ1) is 26.4. The van der Waals surface area contributed by atoms with Gasteiger partial charge in [-0.25, -0.2) is 4.99 Å². The maximum absolute atomic E-state index is 12.2. The Balaban J connectivity index is 0.00000729. The van der Waals surface area contributed by atoms with Crippen LogP contribution in [-0.2, 0) is 6.54 Å². The Morgan fingerprint density at radius 2 is 1.71 bits per heavy atom. The summed E-state index contributed by atoms with van der Waals surface area (Å²) < 4.78 is 83.0. The summed E-state index contributed by atoms with van der Waals surface area (Å²) in [6, 6.07) is 4.27. The number of benzene rings is 1. The van der Waals surface area contributed by atoms with E-state index in [0.29, 0.717) is 12.1 Å². The molecule has 1 rings (SSSR count). The Labute approximate surface area is 175 Å². The highest BCUT2D eigenvalue weighted by Crippen LogP contribution is 2.30. The number of rotatable bonds is 8. The molecule has 0 aliphatic rings. The Morgan fingerprint density at radius 3 is 2.25 bits per heavy atom. The zero-order valence-electron chi connectivity index (χ0n) is 15.2. The second-order valence-electron chi connectivity index (χ2n) is 5.38. The molecule has 0 aromatic heterocycles. The van der Waals surface area contributed by atoms with Crippen LogP contribution in [0.15, 0.2) is 23.2 Å². The van der Waals surface area contributed by atoms with Gasteiger partial charge in [0.05, 0.1) is 20.1 Å². The molecule has 28 heavy (non-hydrogen) atoms. The monoisotopic (exact) mass is 529 g/mol. The molecule has 0 saturated carbocycles. The van der Waals surface area contributed by atoms with E-state index in [1.807, 2.05) is 0 Å². The highest BCUT2D eigenvalue weighted by atomic mass is 127. The molecule has 1 aromatic carbocycles. The number of halogens is 7. The summed E-state index contributed by atoms with van der Waals surface area (Å²) in [5.41, 5.74) is 0.583. The molecule has 0 spiro atoms. The van der Waals surface area contributed by atoms with Crippen LogP contribution in [0, 0.1) is 0 Å². The molecule has 0 aliphatic heterocycles. The van der Waals surface area contributed by atoms with Gasteiger partial charge in [0.2, 0.25) is 0 Å². The quantitative estimate of drug-likeness (QED) is 0.229. The number of guanidine groups is 1. The third kappa shape index (κ3) is 11.3. The Bertz CT molecular complexity index is 623. The van der Waals surface area contributed by atoms with Crippen LogP contribution < -0.4 is 20.1 Å². The van der Waals surface area contributed by atoms with Crippen molar-refractivity contribution >= 4 is 29.9 Å². The van der Waals surface area contributed by atoms with Crippen molar-refractivity contribution in [1.29, 1.82) is 0 Å². The summed E-state index contributed by atoms with van der Waals surface area (Å²) >= 11 is 0. The Morgan fingerprint density at radius 1 is 1.04 bits per heavy atom. The SMILES string of the molecule is CCNC(=NCc1ccc(OCC(F)(F)F)c(OC)c1)NCCC(F)(F)F.I. The number of methoxy groups -OCH3 is 1. The minimum Gasteiger partial charge on any atom is -0.493 e. The highest BCUT2D eigenvalue weighted by molar-refractivity contribution is 14.0. The van der Waals surface area contributed by atoms with E-state index < -0.39 is 25.4 Å². The van der Waals surface area contributed by atoms with Gasteiger partial charge < -0.3 is 20.1 Å². The van der Waals surface area contributed by atoms with Gasteiger partial charge in [0.15, 0.2) is 24.1 Å². The summed E-state index contributed by atoms with van der Waals surface area (Å²) in [4.78, 5) is 4.14. The molecule has 162 valence electrons. The predicted octanol–water partition coefficient (Wildman–Crippen LogP) is 4.26. The van der Waals surface area contributed by atoms with Gasteiger partial charge in [-0.3, -0.25) is 0 Å². The number of nitrogens with zero attached hydrogens (tertiary/aromatic N) is 1. The first-order valence-corrected chi connectivity index (χ1v) is 7.99. The zero-order valence-corrected chi connectivity index (χ0v) is 17.5. The fraction of sp³-hybridized carbons (Fsp3) is 0.562. The van der Waals surface area contributed by atoms with Gasteiger partial charge in [-0.15, -0.1) is 24.0 Å². The number of hydrogen-bond acceptors (Lipinski definition) is 3. The van der Waals surface area contributed by atoms with Crippen molar-refractivity contribution in [3.8, 4) is 11.5 Å². The minimum atomic E-state index is -4.48. The van der Waals surface area contributed by atoms with Crippen LogP contribution in [0.5, 0.6) is 11.5 Å². The van der Waals surface area contributed by atoms with Crippen molar-refractivity contribution in [1.82, 2.24) is 10.6 Å². The molecule has 5 nitrogen and oxygen atoms in total. The van der Waals surface area contributed by atoms with Crippen LogP contribution >= 0.6 is 24.0 Å². The second kappa shape index (κ2) is 12.1. The summed E-state index contributed by atoms with van der Waals surface area (Å²) in [7, 11) is 1.28. The van der Waals surface area contributed by atoms with Crippen molar-refractivity contribution in [3.05, 3.63) is 23.8 Å². The number of aliphatic imine (C=N–C) groups is 1. The summed E-state index contributed by atoms with van der Waals surface area (Å²) in [6.07, 6.45) is -9.75. The van der Waals surface area contributed by atoms with Gasteiger partial charge in [0.1, 0.15) is 0 Å². The largest absolute Gasteiger partial charge is 0.493 e. The first-order chi connectivity index (χ1) is 12.5. The van der Waals surface area contributed by atoms with Gasteiger partial charge in [0.25, 0.3) is 0 Å². The Kier molecular flexibility index (Phi) is 11.4. The molecule has 12 heteroatoms. The lowest BCUT2D eigenvalue weighted by Crippen LogP contribution is -2.38. The summed E-state index contributed by atoms with van der Waals surface area (Å²) in [5, 5.41) is 5.37. The minimum absolute atomic E-state index is 0. The van der Waals surface area contributed by atoms with Crippen LogP contribution in [0.1, 0.15) is 18.9 Å². The van der Waals surface area contributed by atoms with E-state index in [-0.39, 0.29) is 54.5 Å². The van der Waals surface area contributed by atoms with E-state index in [2.05, 4.69) is 20.4 Å². The molecule has 0 radical (unpaired) electrons. The average molecular weight is 529 g/mol. The number of alkyl halides is 6.